The molecule has 1 unspecified atom stereocenters. The lowest BCUT2D eigenvalue weighted by Gasteiger charge is -2.26. The van der Waals surface area contributed by atoms with Crippen LogP contribution in [0.1, 0.15) is 59.8 Å². The Morgan fingerprint density at radius 3 is 1.91 bits per heavy atom. The Bertz CT molecular complexity index is 330. The van der Waals surface area contributed by atoms with Crippen LogP contribution in [0.5, 0.6) is 0 Å². The van der Waals surface area contributed by atoms with Gasteiger partial charge in [-0.3, -0.25) is 4.79 Å². The van der Waals surface area contributed by atoms with Crippen molar-refractivity contribution in [1.82, 2.24) is 9.80 Å². The molecule has 0 aliphatic carbocycles. The van der Waals surface area contributed by atoms with Gasteiger partial charge in [0.2, 0.25) is 5.91 Å². The zero-order chi connectivity index (χ0) is 17.1. The molecule has 0 aromatic carbocycles. The molecule has 0 aromatic heterocycles. The fourth-order valence-electron chi connectivity index (χ4n) is 2.35. The summed E-state index contributed by atoms with van der Waals surface area (Å²) in [4.78, 5) is 27.5. The van der Waals surface area contributed by atoms with E-state index in [-0.39, 0.29) is 24.0 Å². The van der Waals surface area contributed by atoms with Crippen LogP contribution >= 0.6 is 0 Å². The third-order valence-corrected chi connectivity index (χ3v) is 4.13. The summed E-state index contributed by atoms with van der Waals surface area (Å²) in [5.74, 6) is 0.237. The van der Waals surface area contributed by atoms with Crippen LogP contribution < -0.4 is 0 Å². The Morgan fingerprint density at radius 2 is 1.45 bits per heavy atom. The largest absolute Gasteiger partial charge is 0.446 e. The standard InChI is InChI=1S/C17H34N2O3/c1-7-11-15(10-4)22-17(21)19(6)13-12-18(5)16(20)14(8-2)9-3/h14-15H,7-13H2,1-6H3. The molecule has 0 bridgehead atoms. The van der Waals surface area contributed by atoms with E-state index in [0.29, 0.717) is 13.1 Å². The second-order valence-electron chi connectivity index (χ2n) is 5.90. The average Bonchev–Trinajstić information content (AvgIpc) is 2.52. The maximum Gasteiger partial charge on any atom is 0.409 e. The predicted octanol–water partition coefficient (Wildman–Crippen LogP) is 3.53. The van der Waals surface area contributed by atoms with Crippen molar-refractivity contribution in [2.24, 2.45) is 5.92 Å². The first-order chi connectivity index (χ1) is 10.4. The van der Waals surface area contributed by atoms with Crippen LogP contribution in [-0.2, 0) is 9.53 Å². The van der Waals surface area contributed by atoms with E-state index >= 15 is 0 Å². The molecule has 22 heavy (non-hydrogen) atoms. The SMILES string of the molecule is CCCC(CC)OC(=O)N(C)CCN(C)C(=O)C(CC)CC. The van der Waals surface area contributed by atoms with Crippen molar-refractivity contribution in [1.29, 1.82) is 0 Å². The molecular weight excluding hydrogens is 280 g/mol. The lowest BCUT2D eigenvalue weighted by molar-refractivity contribution is -0.134. The lowest BCUT2D eigenvalue weighted by atomic mass is 10.0. The maximum absolute atomic E-state index is 12.2. The van der Waals surface area contributed by atoms with Gasteiger partial charge in [-0.15, -0.1) is 0 Å². The van der Waals surface area contributed by atoms with Gasteiger partial charge in [0.25, 0.3) is 0 Å². The van der Waals surface area contributed by atoms with Crippen LogP contribution in [-0.4, -0.2) is 55.1 Å². The molecule has 5 heteroatoms. The molecule has 0 saturated carbocycles. The summed E-state index contributed by atoms with van der Waals surface area (Å²) >= 11 is 0. The van der Waals surface area contributed by atoms with E-state index in [9.17, 15) is 9.59 Å². The van der Waals surface area contributed by atoms with Gasteiger partial charge in [-0.25, -0.2) is 4.79 Å². The second kappa shape index (κ2) is 11.3. The van der Waals surface area contributed by atoms with Crippen LogP contribution in [0.15, 0.2) is 0 Å². The van der Waals surface area contributed by atoms with Crippen LogP contribution in [0.2, 0.25) is 0 Å². The number of hydrogen-bond acceptors (Lipinski definition) is 3. The molecule has 0 aliphatic heterocycles. The van der Waals surface area contributed by atoms with Crippen LogP contribution in [0.4, 0.5) is 4.79 Å². The molecule has 0 spiro atoms. The van der Waals surface area contributed by atoms with Gasteiger partial charge >= 0.3 is 6.09 Å². The van der Waals surface area contributed by atoms with Gasteiger partial charge in [0.15, 0.2) is 0 Å². The van der Waals surface area contributed by atoms with Gasteiger partial charge in [-0.2, -0.15) is 0 Å². The first kappa shape index (κ1) is 20.7. The Kier molecular flexibility index (Phi) is 10.7. The van der Waals surface area contributed by atoms with E-state index in [2.05, 4.69) is 6.92 Å². The fraction of sp³-hybridized carbons (Fsp3) is 0.882. The van der Waals surface area contributed by atoms with Crippen molar-refractivity contribution < 1.29 is 14.3 Å². The lowest BCUT2D eigenvalue weighted by Crippen LogP contribution is -2.40. The number of nitrogens with zero attached hydrogens (tertiary/aromatic N) is 2. The molecular formula is C17H34N2O3. The Morgan fingerprint density at radius 1 is 0.909 bits per heavy atom. The number of amides is 2. The van der Waals surface area contributed by atoms with E-state index in [4.69, 9.17) is 4.74 Å². The van der Waals surface area contributed by atoms with E-state index in [0.717, 1.165) is 32.1 Å². The van der Waals surface area contributed by atoms with Crippen LogP contribution in [0.25, 0.3) is 0 Å². The van der Waals surface area contributed by atoms with Gasteiger partial charge < -0.3 is 14.5 Å². The topological polar surface area (TPSA) is 49.9 Å². The number of rotatable bonds is 10. The molecule has 0 radical (unpaired) electrons. The highest BCUT2D eigenvalue weighted by atomic mass is 16.6. The Hall–Kier alpha value is -1.26. The number of likely N-dealkylation sites (N-methyl/N-ethyl adjacent to an activating group) is 2. The minimum absolute atomic E-state index is 0.0103. The minimum atomic E-state index is -0.302. The normalized spacial score (nSPS) is 12.1. The third kappa shape index (κ3) is 7.14. The molecule has 5 nitrogen and oxygen atoms in total. The predicted molar refractivity (Wildman–Crippen MR) is 89.8 cm³/mol. The minimum Gasteiger partial charge on any atom is -0.446 e. The molecule has 0 saturated heterocycles. The molecule has 2 amide bonds. The zero-order valence-corrected chi connectivity index (χ0v) is 15.2. The summed E-state index contributed by atoms with van der Waals surface area (Å²) < 4.78 is 5.47. The van der Waals surface area contributed by atoms with Crippen molar-refractivity contribution in [3.05, 3.63) is 0 Å². The number of carbonyl (C=O) groups is 2. The summed E-state index contributed by atoms with van der Waals surface area (Å²) in [6.07, 6.45) is 4.12. The average molecular weight is 314 g/mol. The molecule has 0 heterocycles. The van der Waals surface area contributed by atoms with Gasteiger partial charge in [0, 0.05) is 33.1 Å². The first-order valence-electron chi connectivity index (χ1n) is 8.57. The molecule has 1 atom stereocenters. The van der Waals surface area contributed by atoms with Crippen molar-refractivity contribution in [2.75, 3.05) is 27.2 Å². The number of hydrogen-bond donors (Lipinski definition) is 0. The van der Waals surface area contributed by atoms with E-state index < -0.39 is 0 Å². The highest BCUT2D eigenvalue weighted by molar-refractivity contribution is 5.78. The van der Waals surface area contributed by atoms with E-state index in [1.807, 2.05) is 20.8 Å². The number of ether oxygens (including phenoxy) is 1. The van der Waals surface area contributed by atoms with Gasteiger partial charge in [-0.1, -0.05) is 34.1 Å². The molecule has 0 aliphatic rings. The van der Waals surface area contributed by atoms with Gasteiger partial charge in [-0.05, 0) is 25.7 Å². The van der Waals surface area contributed by atoms with Crippen LogP contribution in [0.3, 0.4) is 0 Å². The maximum atomic E-state index is 12.2. The molecule has 0 fully saturated rings. The van der Waals surface area contributed by atoms with Crippen molar-refractivity contribution in [3.8, 4) is 0 Å². The summed E-state index contributed by atoms with van der Waals surface area (Å²) in [6.45, 7) is 9.19. The summed E-state index contributed by atoms with van der Waals surface area (Å²) in [5.41, 5.74) is 0. The van der Waals surface area contributed by atoms with Crippen molar-refractivity contribution in [3.63, 3.8) is 0 Å². The van der Waals surface area contributed by atoms with Gasteiger partial charge in [0.05, 0.1) is 0 Å². The fourth-order valence-corrected chi connectivity index (χ4v) is 2.35. The third-order valence-electron chi connectivity index (χ3n) is 4.13. The summed E-state index contributed by atoms with van der Waals surface area (Å²) in [7, 11) is 3.52. The second-order valence-corrected chi connectivity index (χ2v) is 5.90. The van der Waals surface area contributed by atoms with Crippen LogP contribution in [0, 0.1) is 5.92 Å². The Labute approximate surface area is 136 Å². The molecule has 0 rings (SSSR count). The summed E-state index contributed by atoms with van der Waals surface area (Å²) in [5, 5.41) is 0. The van der Waals surface area contributed by atoms with Crippen molar-refractivity contribution in [2.45, 2.75) is 65.9 Å². The highest BCUT2D eigenvalue weighted by Gasteiger charge is 2.20. The van der Waals surface area contributed by atoms with Crippen molar-refractivity contribution >= 4 is 12.0 Å². The molecule has 0 N–H and O–H groups in total. The quantitative estimate of drug-likeness (QED) is 0.620. The monoisotopic (exact) mass is 314 g/mol. The smallest absolute Gasteiger partial charge is 0.409 e. The zero-order valence-electron chi connectivity index (χ0n) is 15.2. The first-order valence-corrected chi connectivity index (χ1v) is 8.57. The Balaban J connectivity index is 4.28. The van der Waals surface area contributed by atoms with E-state index in [1.165, 1.54) is 0 Å². The number of carbonyl (C=O) groups excluding carboxylic acids is 2. The summed E-state index contributed by atoms with van der Waals surface area (Å²) in [6, 6.07) is 0. The molecule has 0 aromatic rings. The molecule has 130 valence electrons. The van der Waals surface area contributed by atoms with Gasteiger partial charge in [0.1, 0.15) is 6.10 Å². The highest BCUT2D eigenvalue weighted by Crippen LogP contribution is 2.11. The van der Waals surface area contributed by atoms with E-state index in [1.54, 1.807) is 23.9 Å².